The van der Waals surface area contributed by atoms with Gasteiger partial charge in [0, 0.05) is 46.2 Å². The van der Waals surface area contributed by atoms with Gasteiger partial charge in [-0.25, -0.2) is 13.2 Å². The van der Waals surface area contributed by atoms with Gasteiger partial charge < -0.3 is 15.3 Å². The minimum atomic E-state index is -0.493. The van der Waals surface area contributed by atoms with E-state index in [1.54, 1.807) is 40.0 Å². The van der Waals surface area contributed by atoms with Crippen LogP contribution in [0.4, 0.5) is 13.2 Å². The van der Waals surface area contributed by atoms with E-state index in [1.165, 1.54) is 120 Å². The average molecular weight is 1530 g/mol. The van der Waals surface area contributed by atoms with Gasteiger partial charge in [-0.05, 0) is 346 Å². The number of aromatic amines is 1. The van der Waals surface area contributed by atoms with Crippen molar-refractivity contribution >= 4 is 66.0 Å². The van der Waals surface area contributed by atoms with Crippen LogP contribution < -0.4 is 0 Å². The van der Waals surface area contributed by atoms with Crippen LogP contribution in [0.2, 0.25) is 0 Å². The fraction of sp³-hybridized carbons (Fsp3) is 0.733. The minimum absolute atomic E-state index is 0. The van der Waals surface area contributed by atoms with Crippen LogP contribution in [0.1, 0.15) is 258 Å². The fourth-order valence-corrected chi connectivity index (χ4v) is 28.1. The summed E-state index contributed by atoms with van der Waals surface area (Å²) in [5, 5.41) is 50.4. The molecule has 0 saturated heterocycles. The molecule has 3 heterocycles. The van der Waals surface area contributed by atoms with Crippen molar-refractivity contribution in [2.24, 2.45) is 121 Å². The van der Waals surface area contributed by atoms with E-state index < -0.39 is 16.8 Å². The number of rotatable bonds is 8. The first-order chi connectivity index (χ1) is 48.8. The molecule has 12 fully saturated rings. The van der Waals surface area contributed by atoms with Crippen molar-refractivity contribution < 1.29 is 42.9 Å². The van der Waals surface area contributed by atoms with Gasteiger partial charge in [0.25, 0.3) is 0 Å². The molecule has 106 heavy (non-hydrogen) atoms. The van der Waals surface area contributed by atoms with Gasteiger partial charge in [0.15, 0.2) is 11.6 Å². The molecule has 0 radical (unpaired) electrons. The van der Waals surface area contributed by atoms with E-state index in [9.17, 15) is 42.9 Å². The molecule has 12 saturated carbocycles. The van der Waals surface area contributed by atoms with Crippen molar-refractivity contribution in [2.45, 2.75) is 288 Å². The van der Waals surface area contributed by atoms with Gasteiger partial charge in [-0.1, -0.05) is 79.8 Å². The highest BCUT2D eigenvalue weighted by Gasteiger charge is 2.65. The van der Waals surface area contributed by atoms with E-state index in [0.717, 1.165) is 153 Å². The molecule has 3 aromatic carbocycles. The Hall–Kier alpha value is -4.77. The second-order valence-electron chi connectivity index (χ2n) is 38.8. The number of Topliss-reactive ketones (excluding diaryl/α,β-unsaturated/α-hetero) is 3. The van der Waals surface area contributed by atoms with Gasteiger partial charge in [0.1, 0.15) is 29.8 Å². The molecular formula is C90H130BrF3N6O6. The van der Waals surface area contributed by atoms with Gasteiger partial charge in [0.2, 0.25) is 0 Å². The molecule has 16 heteroatoms. The minimum Gasteiger partial charge on any atom is -0.390 e. The summed E-state index contributed by atoms with van der Waals surface area (Å²) in [7, 11) is 0. The van der Waals surface area contributed by atoms with Crippen LogP contribution in [0.15, 0.2) is 73.2 Å². The summed E-state index contributed by atoms with van der Waals surface area (Å²) in [6, 6.07) is 13.8. The summed E-state index contributed by atoms with van der Waals surface area (Å²) < 4.78 is 43.1. The lowest BCUT2D eigenvalue weighted by atomic mass is 9.44. The third kappa shape index (κ3) is 14.2. The Morgan fingerprint density at radius 1 is 0.453 bits per heavy atom. The number of aliphatic hydroxyl groups is 3. The van der Waals surface area contributed by atoms with E-state index in [2.05, 4.69) is 77.9 Å². The topological polar surface area (TPSA) is 176 Å². The van der Waals surface area contributed by atoms with E-state index in [1.807, 2.05) is 27.0 Å². The Morgan fingerprint density at radius 3 is 1.32 bits per heavy atom. The Labute approximate surface area is 640 Å². The molecule has 0 aliphatic heterocycles. The van der Waals surface area contributed by atoms with Gasteiger partial charge in [-0.2, -0.15) is 15.3 Å². The van der Waals surface area contributed by atoms with E-state index in [-0.39, 0.29) is 86.8 Å². The summed E-state index contributed by atoms with van der Waals surface area (Å²) in [6.45, 7) is 21.5. The maximum atomic E-state index is 13.6. The van der Waals surface area contributed by atoms with Crippen LogP contribution in [0.5, 0.6) is 0 Å². The van der Waals surface area contributed by atoms with E-state index >= 15 is 0 Å². The second-order valence-corrected chi connectivity index (χ2v) is 39.3. The summed E-state index contributed by atoms with van der Waals surface area (Å²) in [5.41, 5.74) is 2.40. The number of hydrogen-bond acceptors (Lipinski definition) is 9. The first-order valence-electron chi connectivity index (χ1n) is 40.4. The zero-order valence-electron chi connectivity index (χ0n) is 63.1. The van der Waals surface area contributed by atoms with Crippen LogP contribution in [0.3, 0.4) is 0 Å². The number of hydrogen-bond donors (Lipinski definition) is 4. The summed E-state index contributed by atoms with van der Waals surface area (Å²) in [6.07, 6.45) is 35.9. The Balaban J connectivity index is 0.000000139. The lowest BCUT2D eigenvalue weighted by Crippen LogP contribution is -2.55. The first kappa shape index (κ1) is 80.7. The van der Waals surface area contributed by atoms with Gasteiger partial charge in [-0.15, -0.1) is 0 Å². The largest absolute Gasteiger partial charge is 0.390 e. The van der Waals surface area contributed by atoms with Crippen LogP contribution >= 0.6 is 15.9 Å². The third-order valence-corrected chi connectivity index (χ3v) is 33.9. The smallest absolute Gasteiger partial charge is 0.157 e. The standard InChI is InChI=1S/2C29H39FN2O2.C22H35BrO2.C7H5FN2.3CH4/c1-27(34)12-13-28(2)19(15-27)4-6-21-22-7-8-24(29(22,3)11-10-23(21)28)26(33)17-32-25-9-5-20(30)14-18(25)16-31-32;1-27(34)12-13-28(2)19(15-27)5-7-21-22-8-9-24(29(22,3)11-10-23(21)28)26(33)17-32-16-18-4-6-20(30)14-25(18)31-32;1-20(25)10-11-21(2)14(12-20)4-5-15-16-6-7-18(19(24)13-23)22(16,3)9-8-17(15)21;8-6-1-2-7-5(3-6)4-9-10-7;;;/h5,9,14,16,19,21-24,34H,4,6-8,10-13,15,17H2,1-3H3;4,6,14,16,19,21-24,34H,5,7-13,15,17H2,1-3H3;14-18,25H,4-13H2,1-3H3;1-4H,(H,9,10);3*1H4/t2*19-,21-,22-,23-,24+,27+,28-,29-;14-,15-,16-,17-,18+,20+,21-,22-;;;;/m000..../s1. The zero-order chi connectivity index (χ0) is 72.8. The molecule has 4 N–H and O–H groups in total. The molecule has 0 bridgehead atoms. The summed E-state index contributed by atoms with van der Waals surface area (Å²) >= 11 is 3.43. The molecule has 12 aliphatic carbocycles. The summed E-state index contributed by atoms with van der Waals surface area (Å²) in [4.78, 5) is 39.7. The number of carbonyl (C=O) groups excluding carboxylic acids is 3. The molecule has 6 aromatic rings. The number of fused-ring (bicyclic) bond motifs is 18. The quantitative estimate of drug-likeness (QED) is 0.108. The Morgan fingerprint density at radius 2 is 0.858 bits per heavy atom. The highest BCUT2D eigenvalue weighted by atomic mass is 79.9. The van der Waals surface area contributed by atoms with Crippen molar-refractivity contribution in [2.75, 3.05) is 5.33 Å². The number of H-pyrrole nitrogens is 1. The van der Waals surface area contributed by atoms with E-state index in [4.69, 9.17) is 0 Å². The second kappa shape index (κ2) is 29.7. The predicted molar refractivity (Wildman–Crippen MR) is 422 cm³/mol. The SMILES string of the molecule is C.C.C.C[C@@]1(O)CC[C@@]2(C)[C@@H](CC[C@@H]3[C@@H]2CC[C@]2(C)[C@@H](C(=O)CBr)CC[C@@H]32)C1.C[C@@]1(O)CC[C@@]2(C)[C@@H](CC[C@@H]3[C@@H]2CC[C@]2(C)[C@@H](C(=O)Cn4cc5ccc(F)cc5n4)CC[C@@H]32)C1.C[C@@]1(O)CC[C@@]2(C)[C@@H](CC[C@@H]3[C@@H]2CC[C@]2(C)[C@@H](C(=O)Cn4ncc5cc(F)ccc54)CC[C@@H]32)C1.Fc1ccc2[nH]ncc2c1. The maximum Gasteiger partial charge on any atom is 0.157 e. The third-order valence-electron chi connectivity index (χ3n) is 33.3. The fourth-order valence-electron chi connectivity index (χ4n) is 27.7. The number of alkyl halides is 1. The molecule has 18 rings (SSSR count). The predicted octanol–water partition coefficient (Wildman–Crippen LogP) is 21.3. The number of aromatic nitrogens is 6. The molecule has 12 nitrogen and oxygen atoms in total. The monoisotopic (exact) mass is 1530 g/mol. The van der Waals surface area contributed by atoms with Crippen LogP contribution in [-0.4, -0.2) is 84.6 Å². The molecule has 584 valence electrons. The molecule has 3 aromatic heterocycles. The van der Waals surface area contributed by atoms with Gasteiger partial charge in [-0.3, -0.25) is 28.8 Å². The van der Waals surface area contributed by atoms with E-state index in [0.29, 0.717) is 79.9 Å². The number of ketones is 3. The van der Waals surface area contributed by atoms with Gasteiger partial charge in [0.05, 0.1) is 57.6 Å². The number of carbonyl (C=O) groups is 3. The highest BCUT2D eigenvalue weighted by molar-refractivity contribution is 9.09. The van der Waals surface area contributed by atoms with Crippen LogP contribution in [0, 0.1) is 139 Å². The maximum absolute atomic E-state index is 13.6. The van der Waals surface area contributed by atoms with Crippen molar-refractivity contribution in [3.63, 3.8) is 0 Å². The number of halogens is 4. The number of benzene rings is 3. The highest BCUT2D eigenvalue weighted by Crippen LogP contribution is 2.72. The Kier molecular flexibility index (Phi) is 22.6. The normalized spacial score (nSPS) is 42.1. The Bertz CT molecular complexity index is 4160. The first-order valence-corrected chi connectivity index (χ1v) is 41.5. The molecule has 0 spiro atoms. The van der Waals surface area contributed by atoms with Crippen molar-refractivity contribution in [1.82, 2.24) is 29.8 Å². The molecule has 24 atom stereocenters. The number of nitrogens with one attached hydrogen (secondary N) is 1. The summed E-state index contributed by atoms with van der Waals surface area (Å²) in [5.74, 6) is 9.24. The molecular weight excluding hydrogens is 1400 g/mol. The zero-order valence-corrected chi connectivity index (χ0v) is 64.7. The van der Waals surface area contributed by atoms with Crippen LogP contribution in [-0.2, 0) is 27.5 Å². The van der Waals surface area contributed by atoms with Gasteiger partial charge >= 0.3 is 0 Å². The molecule has 12 aliphatic rings. The van der Waals surface area contributed by atoms with Crippen molar-refractivity contribution in [3.05, 3.63) is 90.6 Å². The molecule has 0 unspecified atom stereocenters. The lowest BCUT2D eigenvalue weighted by Gasteiger charge is -2.61. The number of nitrogens with zero attached hydrogens (tertiary/aromatic N) is 5. The van der Waals surface area contributed by atoms with Crippen LogP contribution in [0.25, 0.3) is 32.7 Å². The van der Waals surface area contributed by atoms with Crippen molar-refractivity contribution in [3.8, 4) is 0 Å². The lowest BCUT2D eigenvalue weighted by molar-refractivity contribution is -0.151. The van der Waals surface area contributed by atoms with Crippen molar-refractivity contribution in [1.29, 1.82) is 0 Å². The average Bonchev–Trinajstić information content (AvgIpc) is 0.762. The molecule has 0 amide bonds.